The number of ether oxygens (including phenoxy) is 2. The molecule has 0 saturated carbocycles. The number of rotatable bonds is 5. The Morgan fingerprint density at radius 1 is 1.06 bits per heavy atom. The van der Waals surface area contributed by atoms with Crippen molar-refractivity contribution in [2.24, 2.45) is 0 Å². The first-order valence-electron chi connectivity index (χ1n) is 11.2. The van der Waals surface area contributed by atoms with Gasteiger partial charge in [0.15, 0.2) is 6.23 Å². The molecule has 1 aromatic carbocycles. The van der Waals surface area contributed by atoms with Crippen LogP contribution in [0.15, 0.2) is 29.2 Å². The summed E-state index contributed by atoms with van der Waals surface area (Å²) in [7, 11) is -3.86. The number of benzene rings is 1. The van der Waals surface area contributed by atoms with E-state index in [4.69, 9.17) is 9.47 Å². The predicted octanol–water partition coefficient (Wildman–Crippen LogP) is 3.23. The van der Waals surface area contributed by atoms with Gasteiger partial charge in [-0.1, -0.05) is 12.1 Å². The molecule has 1 unspecified atom stereocenters. The molecule has 2 aliphatic rings. The second-order valence-electron chi connectivity index (χ2n) is 9.32. The Bertz CT molecular complexity index is 953. The molecule has 0 bridgehead atoms. The van der Waals surface area contributed by atoms with Gasteiger partial charge in [0.05, 0.1) is 0 Å². The van der Waals surface area contributed by atoms with Crippen LogP contribution < -0.4 is 10.1 Å². The number of alkyl carbamates (subject to hydrolysis) is 1. The van der Waals surface area contributed by atoms with Crippen LogP contribution in [0.4, 0.5) is 9.59 Å². The molecule has 2 amide bonds. The summed E-state index contributed by atoms with van der Waals surface area (Å²) in [4.78, 5) is 24.8. The maximum absolute atomic E-state index is 13.4. The van der Waals surface area contributed by atoms with Crippen molar-refractivity contribution in [1.82, 2.24) is 14.5 Å². The molecule has 3 rings (SSSR count). The Hall–Kier alpha value is -2.53. The molecule has 0 aromatic heterocycles. The number of para-hydroxylation sites is 1. The number of hydrogen-bond donors (Lipinski definition) is 2. The number of carboxylic acid groups (broad SMARTS) is 1. The molecule has 2 N–H and O–H groups in total. The Balaban J connectivity index is 1.68. The first-order valence-corrected chi connectivity index (χ1v) is 12.7. The predicted molar refractivity (Wildman–Crippen MR) is 121 cm³/mol. The average Bonchev–Trinajstić information content (AvgIpc) is 2.73. The number of likely N-dealkylation sites (tertiary alicyclic amines) is 1. The van der Waals surface area contributed by atoms with Crippen molar-refractivity contribution in [3.63, 3.8) is 0 Å². The summed E-state index contributed by atoms with van der Waals surface area (Å²) in [6, 6.07) is 6.14. The lowest BCUT2D eigenvalue weighted by Crippen LogP contribution is -2.48. The van der Waals surface area contributed by atoms with Crippen molar-refractivity contribution in [1.29, 1.82) is 0 Å². The van der Waals surface area contributed by atoms with Gasteiger partial charge in [-0.2, -0.15) is 4.31 Å². The summed E-state index contributed by atoms with van der Waals surface area (Å²) in [5, 5.41) is 12.2. The first-order chi connectivity index (χ1) is 15.5. The number of carbonyl (C=O) groups excluding carboxylic acids is 1. The maximum atomic E-state index is 13.4. The molecule has 2 aliphatic heterocycles. The van der Waals surface area contributed by atoms with Crippen LogP contribution in [0, 0.1) is 0 Å². The highest BCUT2D eigenvalue weighted by Crippen LogP contribution is 2.31. The van der Waals surface area contributed by atoms with E-state index in [2.05, 4.69) is 5.32 Å². The van der Waals surface area contributed by atoms with Crippen LogP contribution in [-0.2, 0) is 14.8 Å². The number of piperidine rings is 2. The van der Waals surface area contributed by atoms with E-state index in [9.17, 15) is 23.1 Å². The van der Waals surface area contributed by atoms with Crippen molar-refractivity contribution in [3.05, 3.63) is 24.3 Å². The van der Waals surface area contributed by atoms with Gasteiger partial charge < -0.3 is 19.9 Å². The van der Waals surface area contributed by atoms with E-state index in [0.29, 0.717) is 25.8 Å². The van der Waals surface area contributed by atoms with E-state index in [1.54, 1.807) is 39.0 Å². The van der Waals surface area contributed by atoms with E-state index >= 15 is 0 Å². The fourth-order valence-corrected chi connectivity index (χ4v) is 5.59. The van der Waals surface area contributed by atoms with E-state index in [-0.39, 0.29) is 29.8 Å². The molecule has 2 heterocycles. The molecule has 1 aromatic rings. The molecule has 33 heavy (non-hydrogen) atoms. The maximum Gasteiger partial charge on any atom is 0.410 e. The van der Waals surface area contributed by atoms with Crippen molar-refractivity contribution in [2.45, 2.75) is 75.6 Å². The molecule has 1 atom stereocenters. The Kier molecular flexibility index (Phi) is 7.73. The Morgan fingerprint density at radius 2 is 1.73 bits per heavy atom. The molecule has 0 aliphatic carbocycles. The molecule has 10 nitrogen and oxygen atoms in total. The number of hydrogen-bond acceptors (Lipinski definition) is 6. The van der Waals surface area contributed by atoms with Crippen LogP contribution >= 0.6 is 0 Å². The van der Waals surface area contributed by atoms with Crippen LogP contribution in [0.3, 0.4) is 0 Å². The van der Waals surface area contributed by atoms with Crippen LogP contribution in [0.2, 0.25) is 0 Å². The minimum absolute atomic E-state index is 0.0134. The highest BCUT2D eigenvalue weighted by molar-refractivity contribution is 7.89. The Morgan fingerprint density at radius 3 is 2.36 bits per heavy atom. The van der Waals surface area contributed by atoms with Crippen molar-refractivity contribution in [3.8, 4) is 5.75 Å². The lowest BCUT2D eigenvalue weighted by atomic mass is 10.1. The number of carbonyl (C=O) groups is 2. The summed E-state index contributed by atoms with van der Waals surface area (Å²) >= 11 is 0. The van der Waals surface area contributed by atoms with Gasteiger partial charge >= 0.3 is 12.2 Å². The van der Waals surface area contributed by atoms with Gasteiger partial charge in [-0.3, -0.25) is 4.90 Å². The number of amides is 2. The largest absolute Gasteiger partial charge is 0.469 e. The zero-order valence-electron chi connectivity index (χ0n) is 19.3. The van der Waals surface area contributed by atoms with Gasteiger partial charge in [0, 0.05) is 32.1 Å². The second kappa shape index (κ2) is 10.2. The van der Waals surface area contributed by atoms with Crippen LogP contribution in [0.5, 0.6) is 5.75 Å². The van der Waals surface area contributed by atoms with Gasteiger partial charge in [-0.15, -0.1) is 0 Å². The molecular weight excluding hydrogens is 450 g/mol. The van der Waals surface area contributed by atoms with Gasteiger partial charge in [-0.25, -0.2) is 18.0 Å². The molecule has 2 saturated heterocycles. The number of nitrogens with one attached hydrogen (secondary N) is 1. The monoisotopic (exact) mass is 483 g/mol. The van der Waals surface area contributed by atoms with Crippen molar-refractivity contribution >= 4 is 22.2 Å². The van der Waals surface area contributed by atoms with Gasteiger partial charge in [0.1, 0.15) is 16.2 Å². The van der Waals surface area contributed by atoms with Crippen molar-refractivity contribution < 1.29 is 32.6 Å². The molecular formula is C22H33N3O7S. The molecule has 11 heteroatoms. The standard InChI is InChI=1S/C22H33N3O7S/c1-22(2,3)32-20(26)23-16-11-14-24(15-12-16)33(29,30)18-9-5-4-8-17(18)31-19-10-6-7-13-25(19)21(27)28/h4-5,8-9,16,19H,6-7,10-15H2,1-3H3,(H,23,26)(H,27,28). The summed E-state index contributed by atoms with van der Waals surface area (Å²) in [6.45, 7) is 6.18. The van der Waals surface area contributed by atoms with E-state index in [1.807, 2.05) is 0 Å². The van der Waals surface area contributed by atoms with E-state index < -0.39 is 34.0 Å². The highest BCUT2D eigenvalue weighted by Gasteiger charge is 2.34. The van der Waals surface area contributed by atoms with Gasteiger partial charge in [0.25, 0.3) is 0 Å². The van der Waals surface area contributed by atoms with Crippen LogP contribution in [-0.4, -0.2) is 72.4 Å². The van der Waals surface area contributed by atoms with Gasteiger partial charge in [-0.05, 0) is 58.6 Å². The quantitative estimate of drug-likeness (QED) is 0.658. The molecule has 0 radical (unpaired) electrons. The summed E-state index contributed by atoms with van der Waals surface area (Å²) in [5.74, 6) is 0.143. The third kappa shape index (κ3) is 6.50. The molecule has 0 spiro atoms. The fraction of sp³-hybridized carbons (Fsp3) is 0.636. The normalized spacial score (nSPS) is 20.8. The summed E-state index contributed by atoms with van der Waals surface area (Å²) in [6.07, 6.45) is 0.643. The SMILES string of the molecule is CC(C)(C)OC(=O)NC1CCN(S(=O)(=O)c2ccccc2OC2CCCCN2C(=O)O)CC1. The van der Waals surface area contributed by atoms with E-state index in [1.165, 1.54) is 15.3 Å². The summed E-state index contributed by atoms with van der Waals surface area (Å²) in [5.41, 5.74) is -0.605. The second-order valence-corrected chi connectivity index (χ2v) is 11.2. The highest BCUT2D eigenvalue weighted by atomic mass is 32.2. The minimum Gasteiger partial charge on any atom is -0.469 e. The third-order valence-electron chi connectivity index (χ3n) is 5.60. The van der Waals surface area contributed by atoms with Crippen molar-refractivity contribution in [2.75, 3.05) is 19.6 Å². The lowest BCUT2D eigenvalue weighted by Gasteiger charge is -2.35. The lowest BCUT2D eigenvalue weighted by molar-refractivity contribution is 0.00427. The average molecular weight is 484 g/mol. The molecule has 2 fully saturated rings. The van der Waals surface area contributed by atoms with Crippen LogP contribution in [0.1, 0.15) is 52.9 Å². The van der Waals surface area contributed by atoms with E-state index in [0.717, 1.165) is 12.8 Å². The van der Waals surface area contributed by atoms with Crippen LogP contribution in [0.25, 0.3) is 0 Å². The smallest absolute Gasteiger partial charge is 0.410 e. The van der Waals surface area contributed by atoms with Gasteiger partial charge in [0.2, 0.25) is 10.0 Å². The topological polar surface area (TPSA) is 125 Å². The minimum atomic E-state index is -3.86. The molecule has 184 valence electrons. The fourth-order valence-electron chi connectivity index (χ4n) is 4.00. The zero-order chi connectivity index (χ0) is 24.2. The number of sulfonamides is 1. The zero-order valence-corrected chi connectivity index (χ0v) is 20.1. The summed E-state index contributed by atoms with van der Waals surface area (Å²) < 4.78 is 39.3. The number of nitrogens with zero attached hydrogens (tertiary/aromatic N) is 2. The Labute approximate surface area is 194 Å². The first kappa shape index (κ1) is 25.1. The third-order valence-corrected chi connectivity index (χ3v) is 7.54.